The Morgan fingerprint density at radius 3 is 2.59 bits per heavy atom. The van der Waals surface area contributed by atoms with Gasteiger partial charge in [-0.25, -0.2) is 14.4 Å². The molecular weight excluding hydrogens is 351 g/mol. The Morgan fingerprint density at radius 1 is 1.26 bits per heavy atom. The lowest BCUT2D eigenvalue weighted by atomic mass is 10.3. The van der Waals surface area contributed by atoms with Gasteiger partial charge in [-0.3, -0.25) is 9.69 Å². The van der Waals surface area contributed by atoms with Gasteiger partial charge in [0.1, 0.15) is 6.61 Å². The third-order valence-corrected chi connectivity index (χ3v) is 4.39. The second-order valence-corrected chi connectivity index (χ2v) is 6.42. The Bertz CT molecular complexity index is 778. The van der Waals surface area contributed by atoms with Crippen molar-refractivity contribution in [2.24, 2.45) is 5.73 Å². The predicted molar refractivity (Wildman–Crippen MR) is 99.7 cm³/mol. The Balaban J connectivity index is 1.51. The molecule has 2 heterocycles. The number of rotatable bonds is 7. The van der Waals surface area contributed by atoms with Crippen LogP contribution in [0.1, 0.15) is 10.4 Å². The third-order valence-electron chi connectivity index (χ3n) is 4.39. The maximum absolute atomic E-state index is 14.3. The van der Waals surface area contributed by atoms with Crippen LogP contribution in [0.5, 0.6) is 5.75 Å². The van der Waals surface area contributed by atoms with E-state index < -0.39 is 11.7 Å². The molecule has 2 aromatic rings. The van der Waals surface area contributed by atoms with E-state index in [1.165, 1.54) is 18.5 Å². The van der Waals surface area contributed by atoms with E-state index in [1.54, 1.807) is 12.1 Å². The summed E-state index contributed by atoms with van der Waals surface area (Å²) < 4.78 is 19.8. The zero-order chi connectivity index (χ0) is 19.2. The van der Waals surface area contributed by atoms with Crippen LogP contribution in [-0.2, 0) is 0 Å². The van der Waals surface area contributed by atoms with Crippen LogP contribution >= 0.6 is 0 Å². The molecule has 0 spiro atoms. The Kier molecular flexibility index (Phi) is 6.15. The number of nitrogens with two attached hydrogens (primary N) is 1. The second-order valence-electron chi connectivity index (χ2n) is 6.42. The van der Waals surface area contributed by atoms with Gasteiger partial charge in [0.2, 0.25) is 5.95 Å². The molecule has 1 aromatic carbocycles. The molecule has 27 heavy (non-hydrogen) atoms. The first-order chi connectivity index (χ1) is 13.0. The highest BCUT2D eigenvalue weighted by Gasteiger charge is 2.14. The molecule has 0 aliphatic carbocycles. The fourth-order valence-corrected chi connectivity index (χ4v) is 2.70. The number of nitrogens with one attached hydrogen (secondary N) is 1. The Labute approximate surface area is 157 Å². The van der Waals surface area contributed by atoms with Crippen LogP contribution in [0.4, 0.5) is 16.0 Å². The number of hydrogen-bond acceptors (Lipinski definition) is 7. The molecule has 1 fully saturated rings. The van der Waals surface area contributed by atoms with Crippen molar-refractivity contribution in [3.05, 3.63) is 42.0 Å². The molecule has 0 unspecified atom stereocenters. The minimum Gasteiger partial charge on any atom is -0.489 e. The topological polar surface area (TPSA) is 96.6 Å². The van der Waals surface area contributed by atoms with E-state index in [9.17, 15) is 9.18 Å². The van der Waals surface area contributed by atoms with Gasteiger partial charge in [-0.05, 0) is 19.2 Å². The molecule has 0 radical (unpaired) electrons. The van der Waals surface area contributed by atoms with Gasteiger partial charge in [-0.1, -0.05) is 0 Å². The second kappa shape index (κ2) is 8.74. The van der Waals surface area contributed by atoms with E-state index in [4.69, 9.17) is 10.5 Å². The van der Waals surface area contributed by atoms with Gasteiger partial charge >= 0.3 is 0 Å². The number of anilines is 2. The summed E-state index contributed by atoms with van der Waals surface area (Å²) >= 11 is 0. The van der Waals surface area contributed by atoms with E-state index in [2.05, 4.69) is 32.1 Å². The van der Waals surface area contributed by atoms with E-state index in [0.717, 1.165) is 32.7 Å². The van der Waals surface area contributed by atoms with Crippen LogP contribution in [0.3, 0.4) is 0 Å². The number of carbonyl (C=O) groups excluding carboxylic acids is 1. The van der Waals surface area contributed by atoms with Gasteiger partial charge in [0.15, 0.2) is 11.6 Å². The number of aromatic nitrogens is 2. The molecule has 3 rings (SSSR count). The van der Waals surface area contributed by atoms with E-state index in [0.29, 0.717) is 12.3 Å². The van der Waals surface area contributed by atoms with Crippen LogP contribution in [0.15, 0.2) is 30.6 Å². The molecule has 1 saturated heterocycles. The summed E-state index contributed by atoms with van der Waals surface area (Å²) in [6.07, 6.45) is 2.62. The minimum atomic E-state index is -0.606. The molecule has 3 N–H and O–H groups in total. The van der Waals surface area contributed by atoms with E-state index in [1.807, 2.05) is 0 Å². The average molecular weight is 374 g/mol. The summed E-state index contributed by atoms with van der Waals surface area (Å²) in [5.41, 5.74) is 5.82. The predicted octanol–water partition coefficient (Wildman–Crippen LogP) is 1.08. The van der Waals surface area contributed by atoms with Crippen LogP contribution < -0.4 is 15.8 Å². The lowest BCUT2D eigenvalue weighted by molar-refractivity contribution is 0.0999. The minimum absolute atomic E-state index is 0.204. The smallest absolute Gasteiger partial charge is 0.251 e. The molecule has 1 aliphatic heterocycles. The molecule has 0 bridgehead atoms. The molecule has 9 heteroatoms. The summed E-state index contributed by atoms with van der Waals surface area (Å²) in [4.78, 5) is 23.5. The van der Waals surface area contributed by atoms with Crippen molar-refractivity contribution >= 4 is 17.5 Å². The molecular formula is C18H23FN6O2. The zero-order valence-electron chi connectivity index (χ0n) is 15.2. The summed E-state index contributed by atoms with van der Waals surface area (Å²) in [7, 11) is 2.11. The van der Waals surface area contributed by atoms with E-state index >= 15 is 0 Å². The van der Waals surface area contributed by atoms with Gasteiger partial charge in [0.25, 0.3) is 5.91 Å². The molecule has 1 aliphatic rings. The normalized spacial score (nSPS) is 15.5. The summed E-state index contributed by atoms with van der Waals surface area (Å²) in [5, 5.41) is 2.87. The van der Waals surface area contributed by atoms with Gasteiger partial charge in [-0.15, -0.1) is 0 Å². The molecule has 1 aromatic heterocycles. The highest BCUT2D eigenvalue weighted by molar-refractivity contribution is 5.92. The lowest BCUT2D eigenvalue weighted by Gasteiger charge is -2.32. The van der Waals surface area contributed by atoms with Crippen molar-refractivity contribution in [2.45, 2.75) is 0 Å². The highest BCUT2D eigenvalue weighted by Crippen LogP contribution is 2.22. The molecule has 0 saturated carbocycles. The maximum atomic E-state index is 14.3. The van der Waals surface area contributed by atoms with Gasteiger partial charge in [0.05, 0.1) is 5.56 Å². The number of hydrogen-bond donors (Lipinski definition) is 2. The van der Waals surface area contributed by atoms with Crippen LogP contribution in [0.2, 0.25) is 0 Å². The van der Waals surface area contributed by atoms with Gasteiger partial charge in [0, 0.05) is 56.9 Å². The number of carbonyl (C=O) groups is 1. The summed E-state index contributed by atoms with van der Waals surface area (Å²) in [5.74, 6) is -0.624. The van der Waals surface area contributed by atoms with Crippen molar-refractivity contribution in [3.8, 4) is 5.75 Å². The number of benzene rings is 1. The zero-order valence-corrected chi connectivity index (χ0v) is 15.2. The van der Waals surface area contributed by atoms with Crippen LogP contribution in [0.25, 0.3) is 0 Å². The molecule has 8 nitrogen and oxygen atoms in total. The fourth-order valence-electron chi connectivity index (χ4n) is 2.70. The first-order valence-corrected chi connectivity index (χ1v) is 8.73. The highest BCUT2D eigenvalue weighted by atomic mass is 19.1. The quantitative estimate of drug-likeness (QED) is 0.749. The average Bonchev–Trinajstić information content (AvgIpc) is 2.65. The number of likely N-dealkylation sites (N-methyl/N-ethyl adjacent to an activating group) is 1. The van der Waals surface area contributed by atoms with Gasteiger partial charge < -0.3 is 20.7 Å². The fraction of sp³-hybridized carbons (Fsp3) is 0.389. The summed E-state index contributed by atoms with van der Waals surface area (Å²) in [6, 6.07) is 4.57. The lowest BCUT2D eigenvalue weighted by Crippen LogP contribution is -2.45. The number of halogens is 1. The number of piperazine rings is 1. The van der Waals surface area contributed by atoms with Crippen LogP contribution in [0, 0.1) is 5.82 Å². The Morgan fingerprint density at radius 2 is 1.96 bits per heavy atom. The number of amides is 1. The van der Waals surface area contributed by atoms with Crippen molar-refractivity contribution in [3.63, 3.8) is 0 Å². The number of nitrogens with zero attached hydrogens (tertiary/aromatic N) is 4. The monoisotopic (exact) mass is 374 g/mol. The van der Waals surface area contributed by atoms with E-state index in [-0.39, 0.29) is 17.3 Å². The SMILES string of the molecule is CN1CCN(CCOc2ccc(Nc3ncc(C(N)=O)cn3)cc2F)CC1. The van der Waals surface area contributed by atoms with Crippen molar-refractivity contribution in [2.75, 3.05) is 51.7 Å². The van der Waals surface area contributed by atoms with Crippen LogP contribution in [-0.4, -0.2) is 72.1 Å². The standard InChI is InChI=1S/C18H23FN6O2/c1-24-4-6-25(7-5-24)8-9-27-16-3-2-14(10-15(16)19)23-18-21-11-13(12-22-18)17(20)26/h2-3,10-12H,4-9H2,1H3,(H2,20,26)(H,21,22,23). The molecule has 1 amide bonds. The first kappa shape index (κ1) is 19.0. The Hall–Kier alpha value is -2.78. The largest absolute Gasteiger partial charge is 0.489 e. The molecule has 0 atom stereocenters. The van der Waals surface area contributed by atoms with Gasteiger partial charge in [-0.2, -0.15) is 0 Å². The maximum Gasteiger partial charge on any atom is 0.251 e. The number of ether oxygens (including phenoxy) is 1. The third kappa shape index (κ3) is 5.35. The number of primary amides is 1. The van der Waals surface area contributed by atoms with Crippen molar-refractivity contribution in [1.82, 2.24) is 19.8 Å². The van der Waals surface area contributed by atoms with Crippen molar-refractivity contribution < 1.29 is 13.9 Å². The molecule has 144 valence electrons. The first-order valence-electron chi connectivity index (χ1n) is 8.73. The summed E-state index contributed by atoms with van der Waals surface area (Å²) in [6.45, 7) is 5.28. The van der Waals surface area contributed by atoms with Crippen molar-refractivity contribution in [1.29, 1.82) is 0 Å².